The first kappa shape index (κ1) is 14.7. The quantitative estimate of drug-likeness (QED) is 0.355. The lowest BCUT2D eigenvalue weighted by Gasteiger charge is -2.08. The van der Waals surface area contributed by atoms with Gasteiger partial charge in [-0.2, -0.15) is 0 Å². The van der Waals surface area contributed by atoms with Crippen LogP contribution in [0.1, 0.15) is 12.0 Å². The number of hydrogen-bond donors (Lipinski definition) is 2. The van der Waals surface area contributed by atoms with Gasteiger partial charge in [-0.1, -0.05) is 35.5 Å². The van der Waals surface area contributed by atoms with E-state index in [2.05, 4.69) is 5.16 Å². The summed E-state index contributed by atoms with van der Waals surface area (Å²) in [5.74, 6) is 1.65. The number of hydrogen-bond acceptors (Lipinski definition) is 4. The van der Waals surface area contributed by atoms with Gasteiger partial charge in [0.25, 0.3) is 0 Å². The molecule has 0 aliphatic carbocycles. The smallest absolute Gasteiger partial charge is 0.142 e. The molecule has 0 aliphatic rings. The minimum absolute atomic E-state index is 0.151. The highest BCUT2D eigenvalue weighted by molar-refractivity contribution is 5.79. The molecule has 2 rings (SSSR count). The van der Waals surface area contributed by atoms with Gasteiger partial charge in [0.1, 0.15) is 23.9 Å². The Hall–Kier alpha value is -2.69. The van der Waals surface area contributed by atoms with Crippen LogP contribution in [0.15, 0.2) is 59.8 Å². The highest BCUT2D eigenvalue weighted by Gasteiger charge is 1.99. The molecule has 0 amide bonds. The van der Waals surface area contributed by atoms with Crippen molar-refractivity contribution >= 4 is 5.84 Å². The molecule has 0 atom stereocenters. The Balaban J connectivity index is 1.79. The third kappa shape index (κ3) is 5.06. The van der Waals surface area contributed by atoms with E-state index in [1.54, 1.807) is 0 Å². The molecule has 2 aromatic carbocycles. The van der Waals surface area contributed by atoms with Gasteiger partial charge in [0.2, 0.25) is 0 Å². The van der Waals surface area contributed by atoms with Crippen molar-refractivity contribution < 1.29 is 14.7 Å². The Morgan fingerprint density at radius 3 is 2.19 bits per heavy atom. The van der Waals surface area contributed by atoms with Crippen molar-refractivity contribution in [2.75, 3.05) is 6.61 Å². The number of ether oxygens (including phenoxy) is 2. The van der Waals surface area contributed by atoms with Gasteiger partial charge in [-0.25, -0.2) is 0 Å². The highest BCUT2D eigenvalue weighted by atomic mass is 16.5. The van der Waals surface area contributed by atoms with Crippen molar-refractivity contribution in [2.24, 2.45) is 10.9 Å². The zero-order valence-electron chi connectivity index (χ0n) is 11.6. The van der Waals surface area contributed by atoms with Crippen molar-refractivity contribution in [1.29, 1.82) is 0 Å². The zero-order valence-corrected chi connectivity index (χ0v) is 11.6. The lowest BCUT2D eigenvalue weighted by Crippen LogP contribution is -2.15. The summed E-state index contributed by atoms with van der Waals surface area (Å²) in [5, 5.41) is 11.3. The van der Waals surface area contributed by atoms with Crippen LogP contribution in [-0.2, 0) is 6.61 Å². The normalized spacial score (nSPS) is 11.1. The van der Waals surface area contributed by atoms with E-state index < -0.39 is 0 Å². The van der Waals surface area contributed by atoms with E-state index in [4.69, 9.17) is 20.4 Å². The lowest BCUT2D eigenvalue weighted by molar-refractivity contribution is 0.300. The Labute approximate surface area is 123 Å². The third-order valence-corrected chi connectivity index (χ3v) is 2.83. The molecule has 110 valence electrons. The van der Waals surface area contributed by atoms with Gasteiger partial charge in [0.05, 0.1) is 6.61 Å². The maximum absolute atomic E-state index is 8.41. The molecule has 0 aliphatic heterocycles. The Morgan fingerprint density at radius 2 is 1.57 bits per heavy atom. The molecular formula is C16H18N2O3. The van der Waals surface area contributed by atoms with Crippen LogP contribution in [0.2, 0.25) is 0 Å². The second-order valence-electron chi connectivity index (χ2n) is 4.44. The largest absolute Gasteiger partial charge is 0.493 e. The van der Waals surface area contributed by atoms with E-state index in [0.717, 1.165) is 11.3 Å². The summed E-state index contributed by atoms with van der Waals surface area (Å²) >= 11 is 0. The van der Waals surface area contributed by atoms with Crippen LogP contribution in [0.5, 0.6) is 11.5 Å². The van der Waals surface area contributed by atoms with E-state index in [1.807, 2.05) is 54.6 Å². The predicted octanol–water partition coefficient (Wildman–Crippen LogP) is 2.78. The molecule has 5 heteroatoms. The van der Waals surface area contributed by atoms with Gasteiger partial charge in [0.15, 0.2) is 0 Å². The van der Waals surface area contributed by atoms with Gasteiger partial charge >= 0.3 is 0 Å². The molecule has 0 saturated carbocycles. The van der Waals surface area contributed by atoms with Crippen molar-refractivity contribution in [3.8, 4) is 11.5 Å². The van der Waals surface area contributed by atoms with Crippen molar-refractivity contribution in [3.05, 3.63) is 60.2 Å². The first-order valence-electron chi connectivity index (χ1n) is 6.64. The fourth-order valence-corrected chi connectivity index (χ4v) is 1.70. The van der Waals surface area contributed by atoms with Crippen LogP contribution < -0.4 is 15.2 Å². The number of benzene rings is 2. The number of amidine groups is 1. The molecule has 0 saturated heterocycles. The minimum atomic E-state index is 0.151. The summed E-state index contributed by atoms with van der Waals surface area (Å²) in [6.45, 7) is 0.894. The average molecular weight is 286 g/mol. The maximum atomic E-state index is 8.41. The summed E-state index contributed by atoms with van der Waals surface area (Å²) in [7, 11) is 0. The third-order valence-electron chi connectivity index (χ3n) is 2.83. The van der Waals surface area contributed by atoms with Gasteiger partial charge in [-0.3, -0.25) is 0 Å². The molecule has 0 spiro atoms. The fourth-order valence-electron chi connectivity index (χ4n) is 1.70. The lowest BCUT2D eigenvalue weighted by atomic mass is 10.2. The second kappa shape index (κ2) is 7.79. The topological polar surface area (TPSA) is 77.1 Å². The number of nitrogens with two attached hydrogens (primary N) is 1. The summed E-state index contributed by atoms with van der Waals surface area (Å²) < 4.78 is 11.1. The molecule has 0 unspecified atom stereocenters. The Morgan fingerprint density at radius 1 is 0.952 bits per heavy atom. The molecule has 3 N–H and O–H groups in total. The standard InChI is InChI=1S/C16H18N2O3/c17-16(18-19)10-11-20-14-6-8-15(9-7-14)21-12-13-4-2-1-3-5-13/h1-9,19H,10-12H2,(H2,17,18). The molecule has 0 bridgehead atoms. The second-order valence-corrected chi connectivity index (χ2v) is 4.44. The Kier molecular flexibility index (Phi) is 5.46. The Bertz CT molecular complexity index is 568. The van der Waals surface area contributed by atoms with Crippen molar-refractivity contribution in [3.63, 3.8) is 0 Å². The monoisotopic (exact) mass is 286 g/mol. The molecule has 0 radical (unpaired) electrons. The van der Waals surface area contributed by atoms with Gasteiger partial charge < -0.3 is 20.4 Å². The van der Waals surface area contributed by atoms with Gasteiger partial charge in [-0.05, 0) is 29.8 Å². The summed E-state index contributed by atoms with van der Waals surface area (Å²) in [5.41, 5.74) is 6.48. The molecule has 21 heavy (non-hydrogen) atoms. The number of nitrogens with zero attached hydrogens (tertiary/aromatic N) is 1. The van der Waals surface area contributed by atoms with E-state index in [1.165, 1.54) is 0 Å². The number of oxime groups is 1. The van der Waals surface area contributed by atoms with Crippen LogP contribution in [0.3, 0.4) is 0 Å². The van der Waals surface area contributed by atoms with E-state index in [9.17, 15) is 0 Å². The molecule has 5 nitrogen and oxygen atoms in total. The summed E-state index contributed by atoms with van der Waals surface area (Å²) in [4.78, 5) is 0. The minimum Gasteiger partial charge on any atom is -0.493 e. The summed E-state index contributed by atoms with van der Waals surface area (Å²) in [6.07, 6.45) is 0.378. The average Bonchev–Trinajstić information content (AvgIpc) is 2.55. The van der Waals surface area contributed by atoms with Crippen molar-refractivity contribution in [1.82, 2.24) is 0 Å². The highest BCUT2D eigenvalue weighted by Crippen LogP contribution is 2.18. The van der Waals surface area contributed by atoms with Crippen LogP contribution in [0.25, 0.3) is 0 Å². The first-order chi connectivity index (χ1) is 10.3. The first-order valence-corrected chi connectivity index (χ1v) is 6.64. The van der Waals surface area contributed by atoms with Crippen LogP contribution in [0, 0.1) is 0 Å². The molecule has 0 aromatic heterocycles. The molecular weight excluding hydrogens is 268 g/mol. The van der Waals surface area contributed by atoms with Crippen molar-refractivity contribution in [2.45, 2.75) is 13.0 Å². The molecule has 0 fully saturated rings. The summed E-state index contributed by atoms with van der Waals surface area (Å²) in [6, 6.07) is 17.3. The van der Waals surface area contributed by atoms with E-state index in [-0.39, 0.29) is 5.84 Å². The maximum Gasteiger partial charge on any atom is 0.142 e. The van der Waals surface area contributed by atoms with Gasteiger partial charge in [0, 0.05) is 6.42 Å². The number of rotatable bonds is 7. The van der Waals surface area contributed by atoms with E-state index in [0.29, 0.717) is 25.4 Å². The predicted molar refractivity (Wildman–Crippen MR) is 80.7 cm³/mol. The van der Waals surface area contributed by atoms with Crippen LogP contribution >= 0.6 is 0 Å². The van der Waals surface area contributed by atoms with Gasteiger partial charge in [-0.15, -0.1) is 0 Å². The zero-order chi connectivity index (χ0) is 14.9. The SMILES string of the molecule is N/C(CCOc1ccc(OCc2ccccc2)cc1)=N\O. The van der Waals surface area contributed by atoms with Crippen LogP contribution in [-0.4, -0.2) is 17.6 Å². The molecule has 2 aromatic rings. The van der Waals surface area contributed by atoms with E-state index >= 15 is 0 Å². The van der Waals surface area contributed by atoms with Crippen LogP contribution in [0.4, 0.5) is 0 Å². The molecule has 0 heterocycles. The fraction of sp³-hybridized carbons (Fsp3) is 0.188.